The van der Waals surface area contributed by atoms with E-state index in [4.69, 9.17) is 26.9 Å². The number of nitrogens with one attached hydrogen (secondary N) is 1. The van der Waals surface area contributed by atoms with Crippen molar-refractivity contribution >= 4 is 11.6 Å². The highest BCUT2D eigenvalue weighted by atomic mass is 35.5. The summed E-state index contributed by atoms with van der Waals surface area (Å²) < 4.78 is 10.4. The van der Waals surface area contributed by atoms with Crippen LogP contribution in [-0.4, -0.2) is 20.1 Å². The van der Waals surface area contributed by atoms with Crippen LogP contribution in [0.5, 0.6) is 11.5 Å². The van der Waals surface area contributed by atoms with Crippen LogP contribution < -0.4 is 20.7 Å². The Morgan fingerprint density at radius 2 is 1.82 bits per heavy atom. The van der Waals surface area contributed by atoms with E-state index in [2.05, 4.69) is 5.43 Å². The van der Waals surface area contributed by atoms with E-state index in [9.17, 15) is 0 Å². The minimum Gasteiger partial charge on any atom is -0.497 e. The van der Waals surface area contributed by atoms with Gasteiger partial charge in [0.25, 0.3) is 0 Å². The monoisotopic (exact) mass is 258 g/mol. The van der Waals surface area contributed by atoms with Gasteiger partial charge in [-0.1, -0.05) is 0 Å². The number of hydrogen-bond donors (Lipinski definition) is 2. The second kappa shape index (κ2) is 7.37. The fourth-order valence-corrected chi connectivity index (χ4v) is 1.81. The fraction of sp³-hybridized carbons (Fsp3) is 0.500. The van der Waals surface area contributed by atoms with Crippen LogP contribution in [-0.2, 0) is 0 Å². The number of hydrazine groups is 1. The van der Waals surface area contributed by atoms with Crippen molar-refractivity contribution in [2.75, 3.05) is 20.1 Å². The summed E-state index contributed by atoms with van der Waals surface area (Å²) in [5.74, 6) is 7.69. The van der Waals surface area contributed by atoms with Crippen LogP contribution in [0.2, 0.25) is 0 Å². The van der Waals surface area contributed by atoms with Crippen LogP contribution in [0.4, 0.5) is 0 Å². The highest BCUT2D eigenvalue weighted by Crippen LogP contribution is 2.28. The summed E-state index contributed by atoms with van der Waals surface area (Å²) in [6.07, 6.45) is 1.77. The van der Waals surface area contributed by atoms with Gasteiger partial charge in [0.1, 0.15) is 11.5 Å². The van der Waals surface area contributed by atoms with Gasteiger partial charge in [-0.05, 0) is 30.5 Å². The molecule has 1 unspecified atom stereocenters. The van der Waals surface area contributed by atoms with Crippen LogP contribution in [0.3, 0.4) is 0 Å². The third kappa shape index (κ3) is 4.07. The minimum atomic E-state index is 0.0535. The molecule has 0 aliphatic heterocycles. The molecular weight excluding hydrogens is 240 g/mol. The lowest BCUT2D eigenvalue weighted by Crippen LogP contribution is -2.28. The molecule has 3 N–H and O–H groups in total. The van der Waals surface area contributed by atoms with Gasteiger partial charge in [-0.3, -0.25) is 11.3 Å². The molecular formula is C12H19ClN2O2. The lowest BCUT2D eigenvalue weighted by molar-refractivity contribution is 0.390. The molecule has 0 spiro atoms. The fourth-order valence-electron chi connectivity index (χ4n) is 1.66. The zero-order valence-electron chi connectivity index (χ0n) is 10.2. The maximum absolute atomic E-state index is 5.69. The molecule has 4 nitrogen and oxygen atoms in total. The van der Waals surface area contributed by atoms with E-state index in [1.54, 1.807) is 14.2 Å². The second-order valence-corrected chi connectivity index (χ2v) is 4.07. The Hall–Kier alpha value is -0.970. The third-order valence-electron chi connectivity index (χ3n) is 2.60. The average molecular weight is 259 g/mol. The zero-order valence-corrected chi connectivity index (χ0v) is 11.0. The Morgan fingerprint density at radius 1 is 1.24 bits per heavy atom. The van der Waals surface area contributed by atoms with Gasteiger partial charge >= 0.3 is 0 Å². The smallest absolute Gasteiger partial charge is 0.122 e. The van der Waals surface area contributed by atoms with Gasteiger partial charge < -0.3 is 9.47 Å². The first-order chi connectivity index (χ1) is 8.24. The van der Waals surface area contributed by atoms with Crippen molar-refractivity contribution in [1.82, 2.24) is 5.43 Å². The summed E-state index contributed by atoms with van der Waals surface area (Å²) in [5.41, 5.74) is 3.82. The standard InChI is InChI=1S/C12H19ClN2O2/c1-16-10-6-9(7-11(8-10)17-2)12(15-14)4-3-5-13/h6-8,12,15H,3-5,14H2,1-2H3. The van der Waals surface area contributed by atoms with Crippen LogP contribution in [0.25, 0.3) is 0 Å². The summed E-state index contributed by atoms with van der Waals surface area (Å²) in [6, 6.07) is 5.78. The first kappa shape index (κ1) is 14.1. The Morgan fingerprint density at radius 3 is 2.24 bits per heavy atom. The van der Waals surface area contributed by atoms with Crippen LogP contribution in [0, 0.1) is 0 Å². The zero-order chi connectivity index (χ0) is 12.7. The molecule has 0 aliphatic rings. The summed E-state index contributed by atoms with van der Waals surface area (Å²) in [7, 11) is 3.25. The van der Waals surface area contributed by atoms with Gasteiger partial charge in [-0.2, -0.15) is 0 Å². The molecule has 0 aromatic heterocycles. The van der Waals surface area contributed by atoms with Crippen molar-refractivity contribution in [3.05, 3.63) is 23.8 Å². The molecule has 1 rings (SSSR count). The molecule has 0 saturated heterocycles. The van der Waals surface area contributed by atoms with Gasteiger partial charge in [-0.15, -0.1) is 11.6 Å². The van der Waals surface area contributed by atoms with E-state index in [-0.39, 0.29) is 6.04 Å². The van der Waals surface area contributed by atoms with Gasteiger partial charge in [0.2, 0.25) is 0 Å². The van der Waals surface area contributed by atoms with E-state index in [0.717, 1.165) is 29.9 Å². The maximum Gasteiger partial charge on any atom is 0.122 e. The predicted molar refractivity (Wildman–Crippen MR) is 69.6 cm³/mol. The van der Waals surface area contributed by atoms with Crippen molar-refractivity contribution in [1.29, 1.82) is 0 Å². The number of rotatable bonds is 7. The molecule has 0 bridgehead atoms. The molecule has 0 radical (unpaired) electrons. The highest BCUT2D eigenvalue weighted by Gasteiger charge is 2.12. The minimum absolute atomic E-state index is 0.0535. The SMILES string of the molecule is COc1cc(OC)cc(C(CCCCl)NN)c1. The molecule has 1 aromatic rings. The summed E-state index contributed by atoms with van der Waals surface area (Å²) in [6.45, 7) is 0. The maximum atomic E-state index is 5.69. The van der Waals surface area contributed by atoms with E-state index in [1.165, 1.54) is 0 Å². The third-order valence-corrected chi connectivity index (χ3v) is 2.87. The van der Waals surface area contributed by atoms with Crippen molar-refractivity contribution < 1.29 is 9.47 Å². The largest absolute Gasteiger partial charge is 0.497 e. The van der Waals surface area contributed by atoms with Gasteiger partial charge in [0.05, 0.1) is 14.2 Å². The predicted octanol–water partition coefficient (Wildman–Crippen LogP) is 2.23. The molecule has 5 heteroatoms. The molecule has 1 aromatic carbocycles. The highest BCUT2D eigenvalue weighted by molar-refractivity contribution is 6.17. The Labute approximate surface area is 107 Å². The number of methoxy groups -OCH3 is 2. The first-order valence-electron chi connectivity index (χ1n) is 5.50. The lowest BCUT2D eigenvalue weighted by atomic mass is 10.0. The number of nitrogens with two attached hydrogens (primary N) is 1. The van der Waals surface area contributed by atoms with Gasteiger partial charge in [0, 0.05) is 18.0 Å². The lowest BCUT2D eigenvalue weighted by Gasteiger charge is -2.17. The molecule has 17 heavy (non-hydrogen) atoms. The van der Waals surface area contributed by atoms with E-state index in [1.807, 2.05) is 18.2 Å². The van der Waals surface area contributed by atoms with Crippen LogP contribution in [0.15, 0.2) is 18.2 Å². The molecule has 0 saturated carbocycles. The molecule has 0 aliphatic carbocycles. The molecule has 1 atom stereocenters. The van der Waals surface area contributed by atoms with E-state index in [0.29, 0.717) is 5.88 Å². The normalized spacial score (nSPS) is 12.2. The topological polar surface area (TPSA) is 56.5 Å². The van der Waals surface area contributed by atoms with E-state index < -0.39 is 0 Å². The summed E-state index contributed by atoms with van der Waals surface area (Å²) in [5, 5.41) is 0. The number of alkyl halides is 1. The Bertz CT molecular complexity index is 325. The van der Waals surface area contributed by atoms with Crippen molar-refractivity contribution in [3.63, 3.8) is 0 Å². The molecule has 96 valence electrons. The number of hydrogen-bond acceptors (Lipinski definition) is 4. The Kier molecular flexibility index (Phi) is 6.11. The Balaban J connectivity index is 2.92. The molecule has 0 heterocycles. The van der Waals surface area contributed by atoms with Crippen molar-refractivity contribution in [2.24, 2.45) is 5.84 Å². The number of halogens is 1. The van der Waals surface area contributed by atoms with E-state index >= 15 is 0 Å². The number of benzene rings is 1. The quantitative estimate of drug-likeness (QED) is 0.447. The molecule has 0 fully saturated rings. The second-order valence-electron chi connectivity index (χ2n) is 3.70. The number of ether oxygens (including phenoxy) is 2. The molecule has 0 amide bonds. The van der Waals surface area contributed by atoms with Gasteiger partial charge in [0.15, 0.2) is 0 Å². The van der Waals surface area contributed by atoms with Crippen LogP contribution in [0.1, 0.15) is 24.4 Å². The average Bonchev–Trinajstić information content (AvgIpc) is 2.39. The summed E-state index contributed by atoms with van der Waals surface area (Å²) in [4.78, 5) is 0. The van der Waals surface area contributed by atoms with Crippen LogP contribution >= 0.6 is 11.6 Å². The van der Waals surface area contributed by atoms with Crippen molar-refractivity contribution in [2.45, 2.75) is 18.9 Å². The first-order valence-corrected chi connectivity index (χ1v) is 6.03. The van der Waals surface area contributed by atoms with Crippen molar-refractivity contribution in [3.8, 4) is 11.5 Å². The summed E-state index contributed by atoms with van der Waals surface area (Å²) >= 11 is 5.69. The van der Waals surface area contributed by atoms with Gasteiger partial charge in [-0.25, -0.2) is 0 Å².